The van der Waals surface area contributed by atoms with Crippen LogP contribution in [0.25, 0.3) is 5.65 Å². The van der Waals surface area contributed by atoms with Crippen molar-refractivity contribution in [1.29, 1.82) is 0 Å². The third-order valence-corrected chi connectivity index (χ3v) is 4.47. The Morgan fingerprint density at radius 2 is 1.74 bits per heavy atom. The second kappa shape index (κ2) is 6.95. The van der Waals surface area contributed by atoms with E-state index in [-0.39, 0.29) is 5.56 Å². The normalized spacial score (nSPS) is 11.3. The third-order valence-electron chi connectivity index (χ3n) is 3.47. The molecule has 3 aromatic rings. The molecule has 0 N–H and O–H groups in total. The van der Waals surface area contributed by atoms with Gasteiger partial charge in [0.1, 0.15) is 5.65 Å². The first-order chi connectivity index (χ1) is 11.0. The fraction of sp³-hybridized carbons (Fsp3) is 0.176. The molecule has 0 unspecified atom stereocenters. The van der Waals surface area contributed by atoms with Gasteiger partial charge >= 0.3 is 0 Å². The van der Waals surface area contributed by atoms with Crippen LogP contribution in [0.4, 0.5) is 0 Å². The molecule has 118 valence electrons. The van der Waals surface area contributed by atoms with Crippen molar-refractivity contribution in [2.75, 3.05) is 7.05 Å². The standard InChI is InChI=1S/C17H15Br2N3O/c1-21(9-12-2-4-13(18)5-3-12)11-15-8-17(23)22-10-14(19)6-7-16(22)20-15/h2-8,10H,9,11H2,1H3. The molecule has 0 aliphatic rings. The Morgan fingerprint density at radius 1 is 1.04 bits per heavy atom. The van der Waals surface area contributed by atoms with Gasteiger partial charge in [-0.1, -0.05) is 28.1 Å². The summed E-state index contributed by atoms with van der Waals surface area (Å²) in [6.07, 6.45) is 1.74. The van der Waals surface area contributed by atoms with Gasteiger partial charge in [0.25, 0.3) is 5.56 Å². The van der Waals surface area contributed by atoms with Crippen molar-refractivity contribution in [3.63, 3.8) is 0 Å². The molecule has 0 aliphatic heterocycles. The number of nitrogens with zero attached hydrogens (tertiary/aromatic N) is 3. The number of rotatable bonds is 4. The highest BCUT2D eigenvalue weighted by molar-refractivity contribution is 9.10. The van der Waals surface area contributed by atoms with Gasteiger partial charge in [0.15, 0.2) is 0 Å². The molecular formula is C17H15Br2N3O. The molecule has 0 saturated heterocycles. The van der Waals surface area contributed by atoms with Crippen molar-refractivity contribution in [2.24, 2.45) is 0 Å². The van der Waals surface area contributed by atoms with Crippen LogP contribution in [0.2, 0.25) is 0 Å². The second-order valence-electron chi connectivity index (χ2n) is 5.46. The number of halogens is 2. The van der Waals surface area contributed by atoms with E-state index in [0.717, 1.165) is 21.2 Å². The van der Waals surface area contributed by atoms with Crippen LogP contribution in [0.1, 0.15) is 11.3 Å². The van der Waals surface area contributed by atoms with Gasteiger partial charge in [-0.3, -0.25) is 14.1 Å². The predicted octanol–water partition coefficient (Wildman–Crippen LogP) is 3.85. The molecule has 2 aromatic heterocycles. The lowest BCUT2D eigenvalue weighted by Crippen LogP contribution is -2.21. The van der Waals surface area contributed by atoms with E-state index in [1.165, 1.54) is 5.56 Å². The van der Waals surface area contributed by atoms with Crippen LogP contribution in [0, 0.1) is 0 Å². The molecule has 0 bridgehead atoms. The lowest BCUT2D eigenvalue weighted by molar-refractivity contribution is 0.315. The zero-order chi connectivity index (χ0) is 16.4. The molecule has 3 rings (SSSR count). The highest BCUT2D eigenvalue weighted by Crippen LogP contribution is 2.13. The first-order valence-electron chi connectivity index (χ1n) is 7.12. The van der Waals surface area contributed by atoms with Crippen molar-refractivity contribution in [3.8, 4) is 0 Å². The van der Waals surface area contributed by atoms with Gasteiger partial charge in [0.05, 0.1) is 5.69 Å². The summed E-state index contributed by atoms with van der Waals surface area (Å²) in [5.74, 6) is 0. The molecule has 2 heterocycles. The fourth-order valence-electron chi connectivity index (χ4n) is 2.44. The van der Waals surface area contributed by atoms with Crippen LogP contribution in [-0.2, 0) is 13.1 Å². The maximum atomic E-state index is 12.2. The molecular weight excluding hydrogens is 422 g/mol. The summed E-state index contributed by atoms with van der Waals surface area (Å²) in [6, 6.07) is 13.5. The molecule has 6 heteroatoms. The molecule has 0 fully saturated rings. The van der Waals surface area contributed by atoms with Gasteiger partial charge in [-0.2, -0.15) is 0 Å². The highest BCUT2D eigenvalue weighted by Gasteiger charge is 2.07. The molecule has 0 amide bonds. The third kappa shape index (κ3) is 4.07. The quantitative estimate of drug-likeness (QED) is 0.623. The zero-order valence-electron chi connectivity index (χ0n) is 12.5. The molecule has 1 aromatic carbocycles. The van der Waals surface area contributed by atoms with Crippen molar-refractivity contribution < 1.29 is 0 Å². The minimum Gasteiger partial charge on any atom is -0.296 e. The van der Waals surface area contributed by atoms with Gasteiger partial charge in [-0.25, -0.2) is 4.98 Å². The maximum Gasteiger partial charge on any atom is 0.258 e. The average molecular weight is 437 g/mol. The summed E-state index contributed by atoms with van der Waals surface area (Å²) in [5, 5.41) is 0. The Bertz CT molecular complexity index is 890. The SMILES string of the molecule is CN(Cc1ccc(Br)cc1)Cc1cc(=O)n2cc(Br)ccc2n1. The zero-order valence-corrected chi connectivity index (χ0v) is 15.7. The number of benzene rings is 1. The molecule has 0 radical (unpaired) electrons. The molecule has 23 heavy (non-hydrogen) atoms. The minimum atomic E-state index is -0.0664. The van der Waals surface area contributed by atoms with Gasteiger partial charge in [-0.05, 0) is 52.8 Å². The lowest BCUT2D eigenvalue weighted by atomic mass is 10.2. The Hall–Kier alpha value is -1.50. The molecule has 0 spiro atoms. The number of hydrogen-bond donors (Lipinski definition) is 0. The van der Waals surface area contributed by atoms with Crippen LogP contribution >= 0.6 is 31.9 Å². The molecule has 0 atom stereocenters. The Balaban J connectivity index is 1.79. The summed E-state index contributed by atoms with van der Waals surface area (Å²) in [6.45, 7) is 1.42. The lowest BCUT2D eigenvalue weighted by Gasteiger charge is -2.16. The summed E-state index contributed by atoms with van der Waals surface area (Å²) in [4.78, 5) is 18.9. The van der Waals surface area contributed by atoms with Crippen LogP contribution < -0.4 is 5.56 Å². The smallest absolute Gasteiger partial charge is 0.258 e. The summed E-state index contributed by atoms with van der Waals surface area (Å²) in [7, 11) is 2.02. The van der Waals surface area contributed by atoms with Crippen molar-refractivity contribution in [1.82, 2.24) is 14.3 Å². The Morgan fingerprint density at radius 3 is 2.48 bits per heavy atom. The van der Waals surface area contributed by atoms with Crippen LogP contribution in [-0.4, -0.2) is 21.3 Å². The van der Waals surface area contributed by atoms with Crippen LogP contribution in [0.5, 0.6) is 0 Å². The van der Waals surface area contributed by atoms with E-state index in [9.17, 15) is 4.79 Å². The second-order valence-corrected chi connectivity index (χ2v) is 7.29. The van der Waals surface area contributed by atoms with E-state index in [1.807, 2.05) is 31.3 Å². The number of hydrogen-bond acceptors (Lipinski definition) is 3. The Labute approximate surface area is 151 Å². The summed E-state index contributed by atoms with van der Waals surface area (Å²) < 4.78 is 3.47. The average Bonchev–Trinajstić information content (AvgIpc) is 2.50. The van der Waals surface area contributed by atoms with Crippen LogP contribution in [0.15, 0.2) is 62.4 Å². The summed E-state index contributed by atoms with van der Waals surface area (Å²) in [5.41, 5.74) is 2.59. The highest BCUT2D eigenvalue weighted by atomic mass is 79.9. The van der Waals surface area contributed by atoms with Crippen LogP contribution in [0.3, 0.4) is 0 Å². The van der Waals surface area contributed by atoms with Gasteiger partial charge in [0.2, 0.25) is 0 Å². The largest absolute Gasteiger partial charge is 0.296 e. The molecule has 0 saturated carbocycles. The van der Waals surface area contributed by atoms with Crippen molar-refractivity contribution >= 4 is 37.5 Å². The first-order valence-corrected chi connectivity index (χ1v) is 8.71. The minimum absolute atomic E-state index is 0.0664. The van der Waals surface area contributed by atoms with E-state index in [2.05, 4.69) is 53.9 Å². The molecule has 4 nitrogen and oxygen atoms in total. The van der Waals surface area contributed by atoms with E-state index < -0.39 is 0 Å². The number of aromatic nitrogens is 2. The maximum absolute atomic E-state index is 12.2. The van der Waals surface area contributed by atoms with E-state index in [4.69, 9.17) is 0 Å². The number of pyridine rings is 1. The van der Waals surface area contributed by atoms with E-state index in [0.29, 0.717) is 12.2 Å². The first kappa shape index (κ1) is 16.4. The fourth-order valence-corrected chi connectivity index (χ4v) is 3.04. The predicted molar refractivity (Wildman–Crippen MR) is 98.5 cm³/mol. The Kier molecular flexibility index (Phi) is 4.94. The van der Waals surface area contributed by atoms with E-state index in [1.54, 1.807) is 16.7 Å². The number of fused-ring (bicyclic) bond motifs is 1. The van der Waals surface area contributed by atoms with Gasteiger partial charge in [-0.15, -0.1) is 0 Å². The van der Waals surface area contributed by atoms with Crippen molar-refractivity contribution in [2.45, 2.75) is 13.1 Å². The monoisotopic (exact) mass is 435 g/mol. The van der Waals surface area contributed by atoms with E-state index >= 15 is 0 Å². The molecule has 0 aliphatic carbocycles. The topological polar surface area (TPSA) is 37.6 Å². The van der Waals surface area contributed by atoms with Crippen molar-refractivity contribution in [3.05, 3.63) is 79.2 Å². The van der Waals surface area contributed by atoms with Gasteiger partial charge in [0, 0.05) is 34.3 Å². The van der Waals surface area contributed by atoms with Gasteiger partial charge < -0.3 is 0 Å². The summed E-state index contributed by atoms with van der Waals surface area (Å²) >= 11 is 6.81.